The minimum Gasteiger partial charge on any atom is -0.294 e. The molecule has 0 amide bonds. The lowest BCUT2D eigenvalue weighted by molar-refractivity contribution is 0.847. The second-order valence-corrected chi connectivity index (χ2v) is 11.8. The lowest BCUT2D eigenvalue weighted by Crippen LogP contribution is -2.12. The first-order valence-corrected chi connectivity index (χ1v) is 15.5. The number of hydrogen-bond acceptors (Lipinski definition) is 3. The van der Waals surface area contributed by atoms with Gasteiger partial charge in [-0.2, -0.15) is 0 Å². The summed E-state index contributed by atoms with van der Waals surface area (Å²) in [5.41, 5.74) is 12.8. The van der Waals surface area contributed by atoms with Gasteiger partial charge in [0.2, 0.25) is 0 Å². The monoisotopic (exact) mass is 575 g/mol. The van der Waals surface area contributed by atoms with Crippen LogP contribution in [0, 0.1) is 0 Å². The first kappa shape index (κ1) is 25.7. The second-order valence-electron chi connectivity index (χ2n) is 11.8. The van der Waals surface area contributed by atoms with Crippen LogP contribution in [0.4, 0.5) is 22.9 Å². The van der Waals surface area contributed by atoms with Crippen LogP contribution in [0.2, 0.25) is 0 Å². The summed E-state index contributed by atoms with van der Waals surface area (Å²) in [6.45, 7) is 0. The molecule has 45 heavy (non-hydrogen) atoms. The summed E-state index contributed by atoms with van der Waals surface area (Å²) in [5, 5.41) is 2.39. The van der Waals surface area contributed by atoms with Gasteiger partial charge in [-0.3, -0.25) is 9.89 Å². The molecule has 212 valence electrons. The highest BCUT2D eigenvalue weighted by Crippen LogP contribution is 2.48. The van der Waals surface area contributed by atoms with Crippen LogP contribution in [0.5, 0.6) is 0 Å². The number of para-hydroxylation sites is 2. The molecule has 7 aromatic rings. The Bertz CT molecular complexity index is 2260. The molecule has 6 aromatic carbocycles. The number of nitrogens with zero attached hydrogens (tertiary/aromatic N) is 3. The summed E-state index contributed by atoms with van der Waals surface area (Å²) in [6, 6.07) is 56.1. The minimum absolute atomic E-state index is 0.294. The van der Waals surface area contributed by atoms with Crippen molar-refractivity contribution in [3.05, 3.63) is 174 Å². The molecule has 1 aliphatic heterocycles. The molecule has 3 heteroatoms. The van der Waals surface area contributed by atoms with Crippen molar-refractivity contribution in [2.75, 3.05) is 4.90 Å². The van der Waals surface area contributed by atoms with Gasteiger partial charge in [-0.05, 0) is 70.1 Å². The Balaban J connectivity index is 1.21. The van der Waals surface area contributed by atoms with Gasteiger partial charge < -0.3 is 0 Å². The van der Waals surface area contributed by atoms with E-state index in [2.05, 4.69) is 163 Å². The number of rotatable bonds is 4. The fourth-order valence-electron chi connectivity index (χ4n) is 7.13. The quantitative estimate of drug-likeness (QED) is 0.209. The number of fused-ring (bicyclic) bond motifs is 10. The summed E-state index contributed by atoms with van der Waals surface area (Å²) in [6.07, 6.45) is 0.908. The molecule has 0 radical (unpaired) electrons. The fraction of sp³-hybridized carbons (Fsp3) is 0.0476. The third-order valence-electron chi connectivity index (χ3n) is 9.20. The standard InChI is InChI=1S/C42H29N3/c1-2-14-30(15-3-1)45(41-22-10-13-28-12-4-5-16-31(28)41)42-23-11-21-38(44-42)29-24-25-35-36(26-29)32-17-6-7-18-33(32)37-27-40(35)43-39-20-9-8-19-34(37)39/h1-26,37H,27H2. The van der Waals surface area contributed by atoms with Crippen molar-refractivity contribution < 1.29 is 0 Å². The molecule has 0 saturated heterocycles. The maximum Gasteiger partial charge on any atom is 0.138 e. The topological polar surface area (TPSA) is 28.5 Å². The van der Waals surface area contributed by atoms with Crippen molar-refractivity contribution in [2.45, 2.75) is 12.3 Å². The zero-order valence-corrected chi connectivity index (χ0v) is 24.6. The third kappa shape index (κ3) is 4.28. The van der Waals surface area contributed by atoms with Crippen LogP contribution in [0.15, 0.2) is 163 Å². The number of aliphatic imine (C=N–C) groups is 1. The molecule has 3 nitrogen and oxygen atoms in total. The van der Waals surface area contributed by atoms with Crippen molar-refractivity contribution in [2.24, 2.45) is 4.99 Å². The Kier molecular flexibility index (Phi) is 5.95. The van der Waals surface area contributed by atoms with Gasteiger partial charge in [0.05, 0.1) is 17.1 Å². The number of pyridine rings is 1. The molecule has 0 spiro atoms. The highest BCUT2D eigenvalue weighted by molar-refractivity contribution is 6.11. The van der Waals surface area contributed by atoms with Gasteiger partial charge in [0.1, 0.15) is 5.82 Å². The summed E-state index contributed by atoms with van der Waals surface area (Å²) in [5.74, 6) is 1.17. The second kappa shape index (κ2) is 10.4. The summed E-state index contributed by atoms with van der Waals surface area (Å²) < 4.78 is 0. The van der Waals surface area contributed by atoms with Gasteiger partial charge in [-0.25, -0.2) is 4.98 Å². The van der Waals surface area contributed by atoms with Gasteiger partial charge in [0, 0.05) is 40.3 Å². The molecule has 0 fully saturated rings. The Labute approximate surface area is 262 Å². The number of aromatic nitrogens is 1. The molecule has 1 aliphatic carbocycles. The van der Waals surface area contributed by atoms with E-state index in [1.165, 1.54) is 38.6 Å². The zero-order chi connectivity index (χ0) is 29.7. The molecule has 2 aliphatic rings. The van der Waals surface area contributed by atoms with Crippen molar-refractivity contribution in [1.29, 1.82) is 0 Å². The van der Waals surface area contributed by atoms with Crippen molar-refractivity contribution in [3.8, 4) is 22.4 Å². The van der Waals surface area contributed by atoms with Crippen LogP contribution < -0.4 is 4.90 Å². The third-order valence-corrected chi connectivity index (χ3v) is 9.20. The average Bonchev–Trinajstić information content (AvgIpc) is 3.22. The molecule has 1 aromatic heterocycles. The van der Waals surface area contributed by atoms with E-state index >= 15 is 0 Å². The van der Waals surface area contributed by atoms with Crippen LogP contribution in [-0.4, -0.2) is 10.7 Å². The van der Waals surface area contributed by atoms with E-state index in [9.17, 15) is 0 Å². The summed E-state index contributed by atoms with van der Waals surface area (Å²) >= 11 is 0. The molecule has 2 heterocycles. The van der Waals surface area contributed by atoms with E-state index < -0.39 is 0 Å². The van der Waals surface area contributed by atoms with E-state index in [1.54, 1.807) is 0 Å². The summed E-state index contributed by atoms with van der Waals surface area (Å²) in [4.78, 5) is 12.8. The van der Waals surface area contributed by atoms with E-state index in [4.69, 9.17) is 9.98 Å². The minimum atomic E-state index is 0.294. The average molecular weight is 576 g/mol. The molecule has 1 atom stereocenters. The normalized spacial score (nSPS) is 14.5. The van der Waals surface area contributed by atoms with Gasteiger partial charge in [-0.1, -0.05) is 115 Å². The lowest BCUT2D eigenvalue weighted by atomic mass is 9.83. The molecule has 0 saturated carbocycles. The van der Waals surface area contributed by atoms with E-state index in [0.717, 1.165) is 46.3 Å². The molecule has 1 unspecified atom stereocenters. The summed E-state index contributed by atoms with van der Waals surface area (Å²) in [7, 11) is 0. The maximum absolute atomic E-state index is 5.33. The molecule has 9 rings (SSSR count). The first-order valence-electron chi connectivity index (χ1n) is 15.5. The van der Waals surface area contributed by atoms with Crippen LogP contribution in [0.3, 0.4) is 0 Å². The maximum atomic E-state index is 5.33. The van der Waals surface area contributed by atoms with Crippen molar-refractivity contribution in [1.82, 2.24) is 4.98 Å². The van der Waals surface area contributed by atoms with Crippen molar-refractivity contribution in [3.63, 3.8) is 0 Å². The van der Waals surface area contributed by atoms with Crippen LogP contribution >= 0.6 is 0 Å². The predicted octanol–water partition coefficient (Wildman–Crippen LogP) is 11.0. The molecule has 2 bridgehead atoms. The molecule has 0 N–H and O–H groups in total. The molecular formula is C42H29N3. The van der Waals surface area contributed by atoms with Crippen LogP contribution in [0.25, 0.3) is 33.2 Å². The number of anilines is 3. The Morgan fingerprint density at radius 1 is 0.556 bits per heavy atom. The Morgan fingerprint density at radius 3 is 2.24 bits per heavy atom. The number of hydrogen-bond donors (Lipinski definition) is 0. The van der Waals surface area contributed by atoms with Crippen LogP contribution in [0.1, 0.15) is 29.0 Å². The van der Waals surface area contributed by atoms with Gasteiger partial charge in [0.25, 0.3) is 0 Å². The van der Waals surface area contributed by atoms with Crippen molar-refractivity contribution >= 4 is 39.4 Å². The highest BCUT2D eigenvalue weighted by Gasteiger charge is 2.31. The highest BCUT2D eigenvalue weighted by atomic mass is 15.2. The largest absolute Gasteiger partial charge is 0.294 e. The van der Waals surface area contributed by atoms with Gasteiger partial charge in [-0.15, -0.1) is 0 Å². The number of benzene rings is 6. The smallest absolute Gasteiger partial charge is 0.138 e. The van der Waals surface area contributed by atoms with E-state index in [1.807, 2.05) is 0 Å². The lowest BCUT2D eigenvalue weighted by Gasteiger charge is -2.26. The Morgan fingerprint density at radius 2 is 1.31 bits per heavy atom. The van der Waals surface area contributed by atoms with Gasteiger partial charge >= 0.3 is 0 Å². The molecular weight excluding hydrogens is 546 g/mol. The first-order chi connectivity index (χ1) is 22.3. The van der Waals surface area contributed by atoms with E-state index in [-0.39, 0.29) is 0 Å². The van der Waals surface area contributed by atoms with E-state index in [0.29, 0.717) is 5.92 Å². The van der Waals surface area contributed by atoms with Gasteiger partial charge in [0.15, 0.2) is 0 Å². The van der Waals surface area contributed by atoms with Crippen LogP contribution in [-0.2, 0) is 0 Å². The zero-order valence-electron chi connectivity index (χ0n) is 24.6. The fourth-order valence-corrected chi connectivity index (χ4v) is 7.13. The SMILES string of the molecule is c1ccc(N(c2cccc(-c3ccc4c(c3)-c3ccccc3C3CC4=Nc4ccccc43)n2)c2cccc3ccccc23)cc1. The predicted molar refractivity (Wildman–Crippen MR) is 186 cm³/mol. The Hall–Kier alpha value is -5.80.